The summed E-state index contributed by atoms with van der Waals surface area (Å²) in [4.78, 5) is 14.8. The predicted molar refractivity (Wildman–Crippen MR) is 89.3 cm³/mol. The molecule has 4 nitrogen and oxygen atoms in total. The summed E-state index contributed by atoms with van der Waals surface area (Å²) in [6, 6.07) is 0. The zero-order valence-corrected chi connectivity index (χ0v) is 14.2. The molecule has 0 aliphatic carbocycles. The Morgan fingerprint density at radius 1 is 0.818 bits per heavy atom. The van der Waals surface area contributed by atoms with Crippen molar-refractivity contribution in [1.82, 2.24) is 0 Å². The molecule has 0 saturated heterocycles. The van der Waals surface area contributed by atoms with Crippen LogP contribution in [0.1, 0.15) is 96.8 Å². The Morgan fingerprint density at radius 2 is 1.32 bits per heavy atom. The second kappa shape index (κ2) is 18.2. The molecule has 0 unspecified atom stereocenters. The van der Waals surface area contributed by atoms with Crippen molar-refractivity contribution in [1.29, 1.82) is 0 Å². The van der Waals surface area contributed by atoms with E-state index in [1.807, 2.05) is 0 Å². The van der Waals surface area contributed by atoms with Gasteiger partial charge in [0.15, 0.2) is 0 Å². The summed E-state index contributed by atoms with van der Waals surface area (Å²) >= 11 is 0. The Balaban J connectivity index is 3.11. The highest BCUT2D eigenvalue weighted by molar-refractivity contribution is 5.68. The molecule has 4 heteroatoms. The summed E-state index contributed by atoms with van der Waals surface area (Å²) in [6.07, 6.45) is 20.9. The molecule has 0 spiro atoms. The summed E-state index contributed by atoms with van der Waals surface area (Å²) in [7, 11) is 0. The smallest absolute Gasteiger partial charge is 0.269 e. The monoisotopic (exact) mass is 314 g/mol. The van der Waals surface area contributed by atoms with E-state index in [2.05, 4.69) is 29.0 Å². The van der Waals surface area contributed by atoms with Crippen LogP contribution < -0.4 is 0 Å². The van der Waals surface area contributed by atoms with Crippen LogP contribution in [0.4, 0.5) is 0 Å². The molecule has 0 saturated carbocycles. The van der Waals surface area contributed by atoms with Crippen LogP contribution in [0, 0.1) is 0 Å². The van der Waals surface area contributed by atoms with Crippen LogP contribution >= 0.6 is 0 Å². The molecular formula is C18H34O4. The average molecular weight is 314 g/mol. The van der Waals surface area contributed by atoms with E-state index in [9.17, 15) is 4.79 Å². The SMILES string of the molecule is CCCCCCC=CCCCCCCCCCC(=O)OOO. The maximum Gasteiger partial charge on any atom is 0.345 e. The Labute approximate surface area is 135 Å². The van der Waals surface area contributed by atoms with Gasteiger partial charge in [-0.3, -0.25) is 4.89 Å². The van der Waals surface area contributed by atoms with Gasteiger partial charge in [-0.2, -0.15) is 0 Å². The second-order valence-electron chi connectivity index (χ2n) is 5.86. The lowest BCUT2D eigenvalue weighted by molar-refractivity contribution is -0.462. The summed E-state index contributed by atoms with van der Waals surface area (Å²) in [5.41, 5.74) is 0. The van der Waals surface area contributed by atoms with Gasteiger partial charge in [0.2, 0.25) is 0 Å². The minimum atomic E-state index is -0.510. The molecule has 0 radical (unpaired) electrons. The fourth-order valence-electron chi connectivity index (χ4n) is 2.42. The molecule has 0 aromatic carbocycles. The van der Waals surface area contributed by atoms with Crippen LogP contribution in [0.15, 0.2) is 12.2 Å². The first-order valence-electron chi connectivity index (χ1n) is 8.97. The van der Waals surface area contributed by atoms with E-state index in [4.69, 9.17) is 5.26 Å². The van der Waals surface area contributed by atoms with Crippen LogP contribution in [0.2, 0.25) is 0 Å². The Bertz CT molecular complexity index is 264. The Hall–Kier alpha value is -0.870. The van der Waals surface area contributed by atoms with Gasteiger partial charge in [-0.1, -0.05) is 70.4 Å². The highest BCUT2D eigenvalue weighted by atomic mass is 17.5. The lowest BCUT2D eigenvalue weighted by atomic mass is 10.1. The standard InChI is InChI=1S/C18H34O4/c1-2-3-4-5-6-7-8-9-10-11-12-13-14-15-16-17-18(19)21-22-20/h7-8,20H,2-6,9-17H2,1H3. The third-order valence-corrected chi connectivity index (χ3v) is 3.77. The minimum absolute atomic E-state index is 0.309. The van der Waals surface area contributed by atoms with Crippen LogP contribution in [0.3, 0.4) is 0 Å². The topological polar surface area (TPSA) is 55.8 Å². The normalized spacial score (nSPS) is 11.2. The van der Waals surface area contributed by atoms with Crippen LogP contribution in [0.5, 0.6) is 0 Å². The zero-order valence-electron chi connectivity index (χ0n) is 14.2. The van der Waals surface area contributed by atoms with Crippen molar-refractivity contribution in [2.45, 2.75) is 96.8 Å². The van der Waals surface area contributed by atoms with Gasteiger partial charge in [0.1, 0.15) is 0 Å². The van der Waals surface area contributed by atoms with E-state index in [0.717, 1.165) is 19.3 Å². The molecule has 0 aliphatic heterocycles. The quantitative estimate of drug-likeness (QED) is 0.165. The molecule has 0 fully saturated rings. The molecular weight excluding hydrogens is 280 g/mol. The zero-order chi connectivity index (χ0) is 16.3. The largest absolute Gasteiger partial charge is 0.345 e. The molecule has 1 N–H and O–H groups in total. The van der Waals surface area contributed by atoms with Crippen molar-refractivity contribution in [3.8, 4) is 0 Å². The van der Waals surface area contributed by atoms with Gasteiger partial charge in [0.25, 0.3) is 0 Å². The molecule has 0 atom stereocenters. The van der Waals surface area contributed by atoms with Crippen LogP contribution in [-0.2, 0) is 14.7 Å². The molecule has 0 bridgehead atoms. The first-order valence-corrected chi connectivity index (χ1v) is 8.97. The van der Waals surface area contributed by atoms with Gasteiger partial charge in [-0.05, 0) is 37.1 Å². The van der Waals surface area contributed by atoms with Crippen molar-refractivity contribution in [2.24, 2.45) is 0 Å². The van der Waals surface area contributed by atoms with Crippen molar-refractivity contribution in [3.63, 3.8) is 0 Å². The number of carbonyl (C=O) groups excluding carboxylic acids is 1. The summed E-state index contributed by atoms with van der Waals surface area (Å²) in [5.74, 6) is -0.510. The van der Waals surface area contributed by atoms with Gasteiger partial charge in [0, 0.05) is 6.42 Å². The number of hydrogen-bond acceptors (Lipinski definition) is 4. The number of unbranched alkanes of at least 4 members (excludes halogenated alkanes) is 11. The highest BCUT2D eigenvalue weighted by Crippen LogP contribution is 2.11. The summed E-state index contributed by atoms with van der Waals surface area (Å²) in [5, 5.41) is 11.2. The third kappa shape index (κ3) is 17.2. The Morgan fingerprint density at radius 3 is 1.86 bits per heavy atom. The second-order valence-corrected chi connectivity index (χ2v) is 5.86. The molecule has 0 aromatic heterocycles. The van der Waals surface area contributed by atoms with E-state index in [1.165, 1.54) is 64.2 Å². The van der Waals surface area contributed by atoms with Crippen LogP contribution in [0.25, 0.3) is 0 Å². The maximum absolute atomic E-state index is 10.9. The lowest BCUT2D eigenvalue weighted by Gasteiger charge is -2.01. The van der Waals surface area contributed by atoms with E-state index in [-0.39, 0.29) is 0 Å². The fourth-order valence-corrected chi connectivity index (χ4v) is 2.42. The highest BCUT2D eigenvalue weighted by Gasteiger charge is 2.02. The van der Waals surface area contributed by atoms with Crippen molar-refractivity contribution in [2.75, 3.05) is 0 Å². The number of hydrogen-bond donors (Lipinski definition) is 1. The third-order valence-electron chi connectivity index (χ3n) is 3.77. The van der Waals surface area contributed by atoms with Crippen molar-refractivity contribution >= 4 is 5.97 Å². The fraction of sp³-hybridized carbons (Fsp3) is 0.833. The van der Waals surface area contributed by atoms with Crippen molar-refractivity contribution < 1.29 is 20.0 Å². The van der Waals surface area contributed by atoms with Crippen molar-refractivity contribution in [3.05, 3.63) is 12.2 Å². The molecule has 0 heterocycles. The van der Waals surface area contributed by atoms with Crippen LogP contribution in [-0.4, -0.2) is 11.2 Å². The first kappa shape index (κ1) is 21.1. The summed E-state index contributed by atoms with van der Waals surface area (Å²) in [6.45, 7) is 2.25. The van der Waals surface area contributed by atoms with Gasteiger partial charge in [-0.15, -0.1) is 0 Å². The van der Waals surface area contributed by atoms with E-state index >= 15 is 0 Å². The number of rotatable bonds is 16. The predicted octanol–water partition coefficient (Wildman–Crippen LogP) is 5.97. The molecule has 0 aromatic rings. The van der Waals surface area contributed by atoms with Gasteiger partial charge in [0.05, 0.1) is 0 Å². The Kier molecular flexibility index (Phi) is 17.5. The first-order chi connectivity index (χ1) is 10.8. The van der Waals surface area contributed by atoms with E-state index in [0.29, 0.717) is 6.42 Å². The molecule has 0 amide bonds. The molecule has 22 heavy (non-hydrogen) atoms. The molecule has 0 aliphatic rings. The maximum atomic E-state index is 10.9. The number of carbonyl (C=O) groups is 1. The molecule has 130 valence electrons. The minimum Gasteiger partial charge on any atom is -0.269 e. The van der Waals surface area contributed by atoms with Gasteiger partial charge in [-0.25, -0.2) is 10.1 Å². The summed E-state index contributed by atoms with van der Waals surface area (Å²) < 4.78 is 0. The molecule has 0 rings (SSSR count). The van der Waals surface area contributed by atoms with E-state index in [1.54, 1.807) is 0 Å². The average Bonchev–Trinajstić information content (AvgIpc) is 2.51. The van der Waals surface area contributed by atoms with Gasteiger partial charge < -0.3 is 0 Å². The van der Waals surface area contributed by atoms with Gasteiger partial charge >= 0.3 is 5.97 Å². The lowest BCUT2D eigenvalue weighted by Crippen LogP contribution is -2.02. The van der Waals surface area contributed by atoms with E-state index < -0.39 is 5.97 Å². The number of allylic oxidation sites excluding steroid dienone is 2.